The van der Waals surface area contributed by atoms with Crippen molar-refractivity contribution in [2.45, 2.75) is 10.9 Å². The second-order valence-corrected chi connectivity index (χ2v) is 6.90. The third kappa shape index (κ3) is 2.94. The van der Waals surface area contributed by atoms with E-state index in [4.69, 9.17) is 9.72 Å². The number of hydrogen-bond donors (Lipinski definition) is 0. The number of rotatable bonds is 5. The molecular weight excluding hydrogens is 346 g/mol. The van der Waals surface area contributed by atoms with Crippen LogP contribution in [0, 0.1) is 0 Å². The molecule has 0 aliphatic carbocycles. The van der Waals surface area contributed by atoms with Crippen molar-refractivity contribution in [1.82, 2.24) is 24.3 Å². The molecule has 26 heavy (non-hydrogen) atoms. The van der Waals surface area contributed by atoms with Crippen molar-refractivity contribution >= 4 is 22.8 Å². The van der Waals surface area contributed by atoms with Crippen molar-refractivity contribution in [1.29, 1.82) is 0 Å². The van der Waals surface area contributed by atoms with Gasteiger partial charge in [-0.3, -0.25) is 0 Å². The molecule has 2 aromatic heterocycles. The van der Waals surface area contributed by atoms with Crippen molar-refractivity contribution in [2.24, 2.45) is 14.1 Å². The number of thioether (sulfide) groups is 1. The van der Waals surface area contributed by atoms with Gasteiger partial charge in [-0.15, -0.1) is 10.2 Å². The smallest absolute Gasteiger partial charge is 0.191 e. The van der Waals surface area contributed by atoms with Gasteiger partial charge < -0.3 is 13.9 Å². The van der Waals surface area contributed by atoms with Gasteiger partial charge in [0.25, 0.3) is 0 Å². The highest BCUT2D eigenvalue weighted by molar-refractivity contribution is 7.98. The summed E-state index contributed by atoms with van der Waals surface area (Å²) in [4.78, 5) is 4.71. The summed E-state index contributed by atoms with van der Waals surface area (Å²) >= 11 is 1.63. The molecule has 0 saturated carbocycles. The fraction of sp³-hybridized carbons (Fsp3) is 0.211. The average molecular weight is 365 g/mol. The highest BCUT2D eigenvalue weighted by Crippen LogP contribution is 2.27. The van der Waals surface area contributed by atoms with Crippen molar-refractivity contribution in [2.75, 3.05) is 7.11 Å². The second-order valence-electron chi connectivity index (χ2n) is 5.96. The highest BCUT2D eigenvalue weighted by atomic mass is 32.2. The molecule has 0 saturated heterocycles. The van der Waals surface area contributed by atoms with Crippen molar-refractivity contribution < 1.29 is 4.74 Å². The van der Waals surface area contributed by atoms with Crippen LogP contribution in [0.4, 0.5) is 0 Å². The van der Waals surface area contributed by atoms with Crippen LogP contribution in [0.3, 0.4) is 0 Å². The van der Waals surface area contributed by atoms with E-state index in [2.05, 4.69) is 20.8 Å². The van der Waals surface area contributed by atoms with Gasteiger partial charge in [0.1, 0.15) is 11.6 Å². The maximum Gasteiger partial charge on any atom is 0.191 e. The third-order valence-electron chi connectivity index (χ3n) is 4.37. The lowest BCUT2D eigenvalue weighted by molar-refractivity contribution is 0.415. The Morgan fingerprint density at radius 1 is 1.00 bits per heavy atom. The lowest BCUT2D eigenvalue weighted by Gasteiger charge is -2.06. The van der Waals surface area contributed by atoms with Crippen molar-refractivity contribution in [3.8, 4) is 17.1 Å². The Morgan fingerprint density at radius 2 is 1.85 bits per heavy atom. The van der Waals surface area contributed by atoms with E-state index in [1.165, 1.54) is 0 Å². The predicted molar refractivity (Wildman–Crippen MR) is 103 cm³/mol. The van der Waals surface area contributed by atoms with Gasteiger partial charge in [-0.05, 0) is 24.3 Å². The first kappa shape index (κ1) is 16.7. The maximum absolute atomic E-state index is 5.30. The van der Waals surface area contributed by atoms with Crippen LogP contribution >= 0.6 is 11.8 Å². The van der Waals surface area contributed by atoms with Gasteiger partial charge in [-0.2, -0.15) is 0 Å². The largest absolute Gasteiger partial charge is 0.497 e. The summed E-state index contributed by atoms with van der Waals surface area (Å²) in [5.41, 5.74) is 3.13. The number of hydrogen-bond acceptors (Lipinski definition) is 5. The number of benzene rings is 2. The molecule has 0 amide bonds. The summed E-state index contributed by atoms with van der Waals surface area (Å²) in [6.07, 6.45) is 0. The van der Waals surface area contributed by atoms with E-state index >= 15 is 0 Å². The van der Waals surface area contributed by atoms with Gasteiger partial charge in [0.05, 0.1) is 23.9 Å². The lowest BCUT2D eigenvalue weighted by Crippen LogP contribution is -1.98. The monoisotopic (exact) mass is 365 g/mol. The number of nitrogens with zero attached hydrogens (tertiary/aromatic N) is 5. The van der Waals surface area contributed by atoms with Crippen LogP contribution in [0.25, 0.3) is 22.4 Å². The molecule has 7 heteroatoms. The van der Waals surface area contributed by atoms with Gasteiger partial charge in [0.15, 0.2) is 11.0 Å². The standard InChI is InChI=1S/C19H19N5OS/c1-23-16-10-5-4-9-15(16)20-17(23)12-26-19-22-21-18(24(19)2)13-7-6-8-14(11-13)25-3/h4-11H,12H2,1-3H3. The number of ether oxygens (including phenoxy) is 1. The van der Waals surface area contributed by atoms with Crippen molar-refractivity contribution in [3.05, 3.63) is 54.4 Å². The van der Waals surface area contributed by atoms with Gasteiger partial charge in [-0.25, -0.2) is 4.98 Å². The zero-order chi connectivity index (χ0) is 18.1. The molecule has 0 unspecified atom stereocenters. The van der Waals surface area contributed by atoms with Crippen LogP contribution in [-0.4, -0.2) is 31.4 Å². The molecule has 4 rings (SSSR count). The second kappa shape index (κ2) is 6.84. The lowest BCUT2D eigenvalue weighted by atomic mass is 10.2. The maximum atomic E-state index is 5.30. The predicted octanol–water partition coefficient (Wildman–Crippen LogP) is 3.67. The van der Waals surface area contributed by atoms with E-state index < -0.39 is 0 Å². The molecule has 0 N–H and O–H groups in total. The first-order valence-electron chi connectivity index (χ1n) is 8.24. The summed E-state index contributed by atoms with van der Waals surface area (Å²) in [7, 11) is 5.68. The SMILES string of the molecule is COc1cccc(-c2nnc(SCc3nc4ccccc4n3C)n2C)c1. The van der Waals surface area contributed by atoms with E-state index in [0.717, 1.165) is 44.9 Å². The number of fused-ring (bicyclic) bond motifs is 1. The number of methoxy groups -OCH3 is 1. The van der Waals surface area contributed by atoms with E-state index in [1.807, 2.05) is 61.1 Å². The molecule has 0 aliphatic rings. The Labute approximate surface area is 155 Å². The Hall–Kier alpha value is -2.80. The number of imidazole rings is 1. The Balaban J connectivity index is 1.57. The van der Waals surface area contributed by atoms with Gasteiger partial charge >= 0.3 is 0 Å². The van der Waals surface area contributed by atoms with E-state index in [0.29, 0.717) is 0 Å². The topological polar surface area (TPSA) is 57.8 Å². The van der Waals surface area contributed by atoms with Gasteiger partial charge in [0.2, 0.25) is 0 Å². The van der Waals surface area contributed by atoms with Crippen LogP contribution in [0.15, 0.2) is 53.7 Å². The van der Waals surface area contributed by atoms with Crippen LogP contribution < -0.4 is 4.74 Å². The summed E-state index contributed by atoms with van der Waals surface area (Å²) < 4.78 is 9.43. The average Bonchev–Trinajstić information content (AvgIpc) is 3.20. The first-order chi connectivity index (χ1) is 12.7. The zero-order valence-electron chi connectivity index (χ0n) is 14.9. The molecule has 0 fully saturated rings. The van der Waals surface area contributed by atoms with Crippen LogP contribution in [0.2, 0.25) is 0 Å². The molecule has 0 atom stereocenters. The van der Waals surface area contributed by atoms with E-state index in [1.54, 1.807) is 18.9 Å². The molecule has 2 aromatic carbocycles. The quantitative estimate of drug-likeness (QED) is 0.505. The fourth-order valence-electron chi connectivity index (χ4n) is 2.91. The van der Waals surface area contributed by atoms with E-state index in [-0.39, 0.29) is 0 Å². The molecule has 0 aliphatic heterocycles. The minimum atomic E-state index is 0.731. The first-order valence-corrected chi connectivity index (χ1v) is 9.23. The van der Waals surface area contributed by atoms with E-state index in [9.17, 15) is 0 Å². The molecule has 0 spiro atoms. The Morgan fingerprint density at radius 3 is 2.65 bits per heavy atom. The number of aryl methyl sites for hydroxylation is 1. The number of aromatic nitrogens is 5. The fourth-order valence-corrected chi connectivity index (χ4v) is 3.80. The summed E-state index contributed by atoms with van der Waals surface area (Å²) in [5, 5.41) is 9.55. The summed E-state index contributed by atoms with van der Waals surface area (Å²) in [6.45, 7) is 0. The molecule has 132 valence electrons. The molecule has 6 nitrogen and oxygen atoms in total. The molecular formula is C19H19N5OS. The van der Waals surface area contributed by atoms with Crippen molar-refractivity contribution in [3.63, 3.8) is 0 Å². The van der Waals surface area contributed by atoms with Crippen LogP contribution in [-0.2, 0) is 19.8 Å². The Kier molecular flexibility index (Phi) is 4.38. The van der Waals surface area contributed by atoms with Gasteiger partial charge in [-0.1, -0.05) is 36.0 Å². The highest BCUT2D eigenvalue weighted by Gasteiger charge is 2.14. The van der Waals surface area contributed by atoms with Crippen LogP contribution in [0.1, 0.15) is 5.82 Å². The zero-order valence-corrected chi connectivity index (χ0v) is 15.7. The normalized spacial score (nSPS) is 11.2. The molecule has 2 heterocycles. The summed E-state index contributed by atoms with van der Waals surface area (Å²) in [5.74, 6) is 3.37. The molecule has 0 radical (unpaired) electrons. The number of para-hydroxylation sites is 2. The third-order valence-corrected chi connectivity index (χ3v) is 5.39. The van der Waals surface area contributed by atoms with Gasteiger partial charge in [0, 0.05) is 19.7 Å². The Bertz CT molecular complexity index is 1070. The molecule has 0 bridgehead atoms. The van der Waals surface area contributed by atoms with Crippen LogP contribution in [0.5, 0.6) is 5.75 Å². The minimum Gasteiger partial charge on any atom is -0.497 e. The minimum absolute atomic E-state index is 0.731. The molecule has 4 aromatic rings. The summed E-state index contributed by atoms with van der Waals surface area (Å²) in [6, 6.07) is 16.0.